The standard InChI is InChI=1S/C23H18FN3O2/c1-13-9-14(2)21-20(10-13)26-23(29-21)25-19-8-7-16(11-18(19)24)27-12-15-5-3-4-6-17(15)22(27)28/h3-11H,12H2,1-2H3,(H,25,26). The van der Waals surface area contributed by atoms with Crippen LogP contribution in [0.15, 0.2) is 59.0 Å². The third-order valence-corrected chi connectivity index (χ3v) is 5.15. The highest BCUT2D eigenvalue weighted by molar-refractivity contribution is 6.10. The number of aromatic nitrogens is 1. The molecular formula is C23H18FN3O2. The summed E-state index contributed by atoms with van der Waals surface area (Å²) in [6.07, 6.45) is 0. The molecule has 4 aromatic rings. The van der Waals surface area contributed by atoms with E-state index in [4.69, 9.17) is 4.42 Å². The van der Waals surface area contributed by atoms with Crippen molar-refractivity contribution < 1.29 is 13.6 Å². The van der Waals surface area contributed by atoms with Crippen molar-refractivity contribution in [3.63, 3.8) is 0 Å². The van der Waals surface area contributed by atoms with Gasteiger partial charge in [0.25, 0.3) is 11.9 Å². The number of anilines is 3. The average Bonchev–Trinajstić information content (AvgIpc) is 3.25. The van der Waals surface area contributed by atoms with Crippen molar-refractivity contribution in [1.29, 1.82) is 0 Å². The molecule has 29 heavy (non-hydrogen) atoms. The quantitative estimate of drug-likeness (QED) is 0.505. The molecule has 1 aliphatic rings. The number of carbonyl (C=O) groups excluding carboxylic acids is 1. The Morgan fingerprint density at radius 2 is 1.93 bits per heavy atom. The molecule has 0 saturated carbocycles. The average molecular weight is 387 g/mol. The summed E-state index contributed by atoms with van der Waals surface area (Å²) < 4.78 is 20.5. The Morgan fingerprint density at radius 3 is 2.72 bits per heavy atom. The lowest BCUT2D eigenvalue weighted by atomic mass is 10.1. The molecule has 0 radical (unpaired) electrons. The summed E-state index contributed by atoms with van der Waals surface area (Å²) in [6.45, 7) is 4.38. The maximum Gasteiger partial charge on any atom is 0.300 e. The first kappa shape index (κ1) is 17.4. The van der Waals surface area contributed by atoms with E-state index < -0.39 is 5.82 Å². The third-order valence-electron chi connectivity index (χ3n) is 5.15. The first-order valence-corrected chi connectivity index (χ1v) is 9.34. The number of amides is 1. The lowest BCUT2D eigenvalue weighted by molar-refractivity contribution is 0.0996. The zero-order valence-corrected chi connectivity index (χ0v) is 16.0. The van der Waals surface area contributed by atoms with Crippen molar-refractivity contribution in [2.45, 2.75) is 20.4 Å². The molecule has 0 unspecified atom stereocenters. The van der Waals surface area contributed by atoms with E-state index in [9.17, 15) is 9.18 Å². The Labute approximate surface area is 166 Å². The number of benzene rings is 3. The van der Waals surface area contributed by atoms with Gasteiger partial charge in [0, 0.05) is 11.3 Å². The minimum atomic E-state index is -0.485. The fraction of sp³-hybridized carbons (Fsp3) is 0.130. The van der Waals surface area contributed by atoms with Gasteiger partial charge in [-0.05, 0) is 60.9 Å². The van der Waals surface area contributed by atoms with E-state index in [1.165, 1.54) is 6.07 Å². The number of nitrogens with one attached hydrogen (secondary N) is 1. The van der Waals surface area contributed by atoms with E-state index in [1.807, 2.05) is 44.2 Å². The number of hydrogen-bond donors (Lipinski definition) is 1. The summed E-state index contributed by atoms with van der Waals surface area (Å²) >= 11 is 0. The molecule has 3 aromatic carbocycles. The summed E-state index contributed by atoms with van der Waals surface area (Å²) in [5.74, 6) is -0.605. The minimum absolute atomic E-state index is 0.120. The molecule has 6 heteroatoms. The number of nitrogens with zero attached hydrogens (tertiary/aromatic N) is 2. The number of fused-ring (bicyclic) bond motifs is 2. The highest BCUT2D eigenvalue weighted by Gasteiger charge is 2.28. The van der Waals surface area contributed by atoms with Crippen LogP contribution in [-0.4, -0.2) is 10.9 Å². The summed E-state index contributed by atoms with van der Waals surface area (Å²) in [7, 11) is 0. The van der Waals surface area contributed by atoms with Gasteiger partial charge in [0.05, 0.1) is 12.2 Å². The molecule has 1 aliphatic heterocycles. The SMILES string of the molecule is Cc1cc(C)c2oc(Nc3ccc(N4Cc5ccccc5C4=O)cc3F)nc2c1. The Hall–Kier alpha value is -3.67. The Kier molecular flexibility index (Phi) is 3.87. The first-order chi connectivity index (χ1) is 14.0. The van der Waals surface area contributed by atoms with Gasteiger partial charge >= 0.3 is 0 Å². The molecule has 2 heterocycles. The highest BCUT2D eigenvalue weighted by atomic mass is 19.1. The normalized spacial score (nSPS) is 13.2. The van der Waals surface area contributed by atoms with Crippen LogP contribution in [0.25, 0.3) is 11.1 Å². The predicted octanol–water partition coefficient (Wildman–Crippen LogP) is 5.49. The molecule has 144 valence electrons. The maximum absolute atomic E-state index is 14.8. The van der Waals surface area contributed by atoms with Crippen LogP contribution in [-0.2, 0) is 6.54 Å². The van der Waals surface area contributed by atoms with Gasteiger partial charge in [-0.15, -0.1) is 0 Å². The van der Waals surface area contributed by atoms with Crippen LogP contribution in [0, 0.1) is 19.7 Å². The van der Waals surface area contributed by atoms with Crippen molar-refractivity contribution in [2.24, 2.45) is 0 Å². The Balaban J connectivity index is 1.42. The third kappa shape index (κ3) is 2.93. The van der Waals surface area contributed by atoms with Crippen LogP contribution < -0.4 is 10.2 Å². The molecule has 0 fully saturated rings. The molecular weight excluding hydrogens is 369 g/mol. The lowest BCUT2D eigenvalue weighted by Gasteiger charge is -2.16. The molecule has 1 N–H and O–H groups in total. The van der Waals surface area contributed by atoms with E-state index >= 15 is 0 Å². The summed E-state index contributed by atoms with van der Waals surface area (Å²) in [6, 6.07) is 16.3. The van der Waals surface area contributed by atoms with Crippen LogP contribution in [0.3, 0.4) is 0 Å². The monoisotopic (exact) mass is 387 g/mol. The fourth-order valence-corrected chi connectivity index (χ4v) is 3.78. The molecule has 1 aromatic heterocycles. The topological polar surface area (TPSA) is 58.4 Å². The number of aryl methyl sites for hydroxylation is 2. The van der Waals surface area contributed by atoms with E-state index in [1.54, 1.807) is 23.1 Å². The number of carbonyl (C=O) groups is 1. The van der Waals surface area contributed by atoms with Gasteiger partial charge in [0.2, 0.25) is 0 Å². The summed E-state index contributed by atoms with van der Waals surface area (Å²) in [4.78, 5) is 18.6. The number of oxazole rings is 1. The minimum Gasteiger partial charge on any atom is -0.423 e. The summed E-state index contributed by atoms with van der Waals surface area (Å²) in [5.41, 5.74) is 5.81. The molecule has 0 aliphatic carbocycles. The Morgan fingerprint density at radius 1 is 1.10 bits per heavy atom. The van der Waals surface area contributed by atoms with Crippen LogP contribution >= 0.6 is 0 Å². The van der Waals surface area contributed by atoms with Gasteiger partial charge < -0.3 is 14.6 Å². The Bertz CT molecular complexity index is 1280. The largest absolute Gasteiger partial charge is 0.423 e. The molecule has 0 bridgehead atoms. The molecule has 5 nitrogen and oxygen atoms in total. The van der Waals surface area contributed by atoms with Crippen LogP contribution in [0.4, 0.5) is 21.8 Å². The first-order valence-electron chi connectivity index (χ1n) is 9.34. The molecule has 0 spiro atoms. The molecule has 0 saturated heterocycles. The van der Waals surface area contributed by atoms with E-state index in [2.05, 4.69) is 10.3 Å². The van der Waals surface area contributed by atoms with E-state index in [0.29, 0.717) is 23.4 Å². The van der Waals surface area contributed by atoms with Crippen molar-refractivity contribution in [3.8, 4) is 0 Å². The van der Waals surface area contributed by atoms with Gasteiger partial charge in [-0.2, -0.15) is 4.98 Å². The maximum atomic E-state index is 14.8. The van der Waals surface area contributed by atoms with Gasteiger partial charge in [-0.3, -0.25) is 4.79 Å². The van der Waals surface area contributed by atoms with E-state index in [0.717, 1.165) is 22.2 Å². The lowest BCUT2D eigenvalue weighted by Crippen LogP contribution is -2.23. The number of hydrogen-bond acceptors (Lipinski definition) is 4. The molecule has 1 amide bonds. The molecule has 0 atom stereocenters. The number of rotatable bonds is 3. The van der Waals surface area contributed by atoms with Gasteiger partial charge in [0.15, 0.2) is 5.58 Å². The van der Waals surface area contributed by atoms with Crippen LogP contribution in [0.5, 0.6) is 0 Å². The van der Waals surface area contributed by atoms with Crippen molar-refractivity contribution >= 4 is 34.4 Å². The molecule has 5 rings (SSSR count). The van der Waals surface area contributed by atoms with Crippen LogP contribution in [0.1, 0.15) is 27.0 Å². The van der Waals surface area contributed by atoms with Gasteiger partial charge in [-0.1, -0.05) is 24.3 Å². The summed E-state index contributed by atoms with van der Waals surface area (Å²) in [5, 5.41) is 2.90. The highest BCUT2D eigenvalue weighted by Crippen LogP contribution is 2.32. The number of halogens is 1. The fourth-order valence-electron chi connectivity index (χ4n) is 3.78. The smallest absolute Gasteiger partial charge is 0.300 e. The second kappa shape index (κ2) is 6.44. The van der Waals surface area contributed by atoms with Crippen molar-refractivity contribution in [1.82, 2.24) is 4.98 Å². The van der Waals surface area contributed by atoms with Crippen molar-refractivity contribution in [3.05, 3.63) is 82.7 Å². The van der Waals surface area contributed by atoms with Gasteiger partial charge in [-0.25, -0.2) is 4.39 Å². The van der Waals surface area contributed by atoms with Gasteiger partial charge in [0.1, 0.15) is 11.3 Å². The predicted molar refractivity (Wildman–Crippen MR) is 110 cm³/mol. The zero-order valence-electron chi connectivity index (χ0n) is 16.0. The zero-order chi connectivity index (χ0) is 20.1. The second-order valence-electron chi connectivity index (χ2n) is 7.29. The second-order valence-corrected chi connectivity index (χ2v) is 7.29. The van der Waals surface area contributed by atoms with E-state index in [-0.39, 0.29) is 17.6 Å². The van der Waals surface area contributed by atoms with Crippen molar-refractivity contribution in [2.75, 3.05) is 10.2 Å². The van der Waals surface area contributed by atoms with Crippen LogP contribution in [0.2, 0.25) is 0 Å².